The second-order valence-electron chi connectivity index (χ2n) is 13.9. The number of thioether (sulfide) groups is 1. The summed E-state index contributed by atoms with van der Waals surface area (Å²) in [5.74, 6) is -1.58. The average Bonchev–Trinajstić information content (AvgIpc) is 3.29. The molecule has 0 unspecified atom stereocenters. The third-order valence-corrected chi connectivity index (χ3v) is 12.1. The van der Waals surface area contributed by atoms with E-state index in [0.717, 1.165) is 31.4 Å². The third-order valence-electron chi connectivity index (χ3n) is 9.69. The van der Waals surface area contributed by atoms with Gasteiger partial charge < -0.3 is 50.9 Å². The van der Waals surface area contributed by atoms with E-state index in [-0.39, 0.29) is 22.0 Å². The van der Waals surface area contributed by atoms with Crippen molar-refractivity contribution in [2.75, 3.05) is 37.5 Å². The minimum absolute atomic E-state index is 0.0110. The van der Waals surface area contributed by atoms with Gasteiger partial charge >= 0.3 is 0 Å². The molecule has 1 aliphatic heterocycles. The smallest absolute Gasteiger partial charge is 0.258 e. The van der Waals surface area contributed by atoms with E-state index >= 15 is 0 Å². The Morgan fingerprint density at radius 1 is 0.946 bits per heavy atom. The fourth-order valence-electron chi connectivity index (χ4n) is 6.55. The highest BCUT2D eigenvalue weighted by Crippen LogP contribution is 2.44. The number of aliphatic hydroxyl groups excluding tert-OH is 5. The maximum absolute atomic E-state index is 14.3. The Morgan fingerprint density at radius 3 is 2.16 bits per heavy atom. The van der Waals surface area contributed by atoms with Crippen LogP contribution < -0.4 is 25.0 Å². The monoisotopic (exact) mass is 818 g/mol. The number of nitrogens with zero attached hydrogens (tertiary/aromatic N) is 1. The lowest BCUT2D eigenvalue weighted by Gasteiger charge is -2.37. The van der Waals surface area contributed by atoms with E-state index in [1.807, 2.05) is 35.2 Å². The second-order valence-corrected chi connectivity index (χ2v) is 16.4. The van der Waals surface area contributed by atoms with Crippen LogP contribution in [0.3, 0.4) is 0 Å². The summed E-state index contributed by atoms with van der Waals surface area (Å²) in [7, 11) is -4.11. The van der Waals surface area contributed by atoms with Crippen LogP contribution in [0.25, 0.3) is 0 Å². The molecule has 4 rings (SSSR count). The number of sulfonamides is 1. The van der Waals surface area contributed by atoms with Crippen LogP contribution in [0.4, 0.5) is 11.4 Å². The molecule has 3 aromatic carbocycles. The first-order chi connectivity index (χ1) is 26.7. The number of carbonyl (C=O) groups excluding carboxylic acids is 2. The molecule has 0 fully saturated rings. The summed E-state index contributed by atoms with van der Waals surface area (Å²) < 4.78 is 37.7. The molecule has 9 N–H and O–H groups in total. The van der Waals surface area contributed by atoms with Gasteiger partial charge in [-0.1, -0.05) is 69.9 Å². The number of fused-ring (bicyclic) bond motifs is 1. The number of hydrogen-bond donors (Lipinski definition) is 9. The fourth-order valence-corrected chi connectivity index (χ4v) is 8.75. The molecule has 17 heteroatoms. The highest BCUT2D eigenvalue weighted by atomic mass is 32.2. The van der Waals surface area contributed by atoms with Crippen LogP contribution >= 0.6 is 11.8 Å². The van der Waals surface area contributed by atoms with Crippen LogP contribution in [-0.4, -0.2) is 113 Å². The molecule has 1 aliphatic rings. The van der Waals surface area contributed by atoms with Crippen LogP contribution in [0, 0.1) is 0 Å². The van der Waals surface area contributed by atoms with Gasteiger partial charge in [0.15, 0.2) is 6.61 Å². The molecule has 0 aromatic heterocycles. The summed E-state index contributed by atoms with van der Waals surface area (Å²) in [5, 5.41) is 63.8. The number of aliphatic hydroxyl groups is 5. The van der Waals surface area contributed by atoms with Gasteiger partial charge in [-0.15, -0.1) is 11.8 Å². The maximum Gasteiger partial charge on any atom is 0.258 e. The molecule has 0 bridgehead atoms. The van der Waals surface area contributed by atoms with E-state index in [1.54, 1.807) is 12.3 Å². The van der Waals surface area contributed by atoms with E-state index in [4.69, 9.17) is 9.84 Å². The molecule has 0 saturated heterocycles. The van der Waals surface area contributed by atoms with Crippen molar-refractivity contribution in [3.05, 3.63) is 72.3 Å². The Kier molecular flexibility index (Phi) is 16.4. The SMILES string of the molecule is CCCCC1(CCCC)CN(c2ccccc2)c2cc(SC)c(OCC(=O)N[C@@H](C(=O)NC[C@H](O)[C@H](O)[C@H](O)[C@H](O)CO)c3ccc(O)cc3)cc2S(=O)(=O)N1. The lowest BCUT2D eigenvalue weighted by Crippen LogP contribution is -2.53. The van der Waals surface area contributed by atoms with Crippen molar-refractivity contribution in [2.45, 2.75) is 98.2 Å². The van der Waals surface area contributed by atoms with Crippen LogP contribution in [0.15, 0.2) is 76.5 Å². The second kappa shape index (κ2) is 20.5. The zero-order valence-corrected chi connectivity index (χ0v) is 33.4. The fraction of sp³-hybridized carbons (Fsp3) is 0.487. The highest BCUT2D eigenvalue weighted by molar-refractivity contribution is 7.98. The zero-order valence-electron chi connectivity index (χ0n) is 31.8. The number of phenolic OH excluding ortho intramolecular Hbond substituents is 1. The number of hydrogen-bond acceptors (Lipinski definition) is 13. The topological polar surface area (TPSA) is 238 Å². The van der Waals surface area contributed by atoms with Crippen molar-refractivity contribution >= 4 is 45.0 Å². The van der Waals surface area contributed by atoms with Crippen molar-refractivity contribution in [1.29, 1.82) is 0 Å². The zero-order chi connectivity index (χ0) is 41.0. The maximum atomic E-state index is 14.3. The average molecular weight is 819 g/mol. The predicted octanol–water partition coefficient (Wildman–Crippen LogP) is 2.45. The van der Waals surface area contributed by atoms with E-state index in [1.165, 1.54) is 42.1 Å². The summed E-state index contributed by atoms with van der Waals surface area (Å²) in [5.41, 5.74) is 0.777. The quantitative estimate of drug-likeness (QED) is 0.0746. The van der Waals surface area contributed by atoms with Gasteiger partial charge in [0.05, 0.1) is 28.8 Å². The number of rotatable bonds is 20. The van der Waals surface area contributed by atoms with E-state index in [2.05, 4.69) is 29.2 Å². The third kappa shape index (κ3) is 11.3. The minimum Gasteiger partial charge on any atom is -0.508 e. The van der Waals surface area contributed by atoms with Crippen molar-refractivity contribution in [3.8, 4) is 11.5 Å². The number of para-hydroxylation sites is 1. The first-order valence-corrected chi connectivity index (χ1v) is 21.3. The van der Waals surface area contributed by atoms with Crippen LogP contribution in [0.1, 0.15) is 64.0 Å². The largest absolute Gasteiger partial charge is 0.508 e. The van der Waals surface area contributed by atoms with Crippen LogP contribution in [0.2, 0.25) is 0 Å². The lowest BCUT2D eigenvalue weighted by molar-refractivity contribution is -0.132. The van der Waals surface area contributed by atoms with E-state index in [0.29, 0.717) is 30.0 Å². The number of aromatic hydroxyl groups is 1. The molecule has 0 radical (unpaired) electrons. The predicted molar refractivity (Wildman–Crippen MR) is 212 cm³/mol. The molecule has 0 aliphatic carbocycles. The van der Waals surface area contributed by atoms with Gasteiger partial charge in [-0.05, 0) is 55.0 Å². The molecule has 15 nitrogen and oxygen atoms in total. The summed E-state index contributed by atoms with van der Waals surface area (Å²) in [4.78, 5) is 29.4. The van der Waals surface area contributed by atoms with E-state index < -0.39 is 77.6 Å². The summed E-state index contributed by atoms with van der Waals surface area (Å²) in [6, 6.07) is 16.7. The van der Waals surface area contributed by atoms with Gasteiger partial charge in [-0.3, -0.25) is 9.59 Å². The Hall–Kier alpha value is -3.94. The Balaban J connectivity index is 1.62. The molecule has 0 saturated carbocycles. The number of anilines is 2. The van der Waals surface area contributed by atoms with Gasteiger partial charge in [0.2, 0.25) is 15.9 Å². The first-order valence-electron chi connectivity index (χ1n) is 18.6. The summed E-state index contributed by atoms with van der Waals surface area (Å²) >= 11 is 1.31. The molecule has 1 heterocycles. The van der Waals surface area contributed by atoms with Crippen molar-refractivity contribution < 1.29 is 53.4 Å². The molecule has 5 atom stereocenters. The van der Waals surface area contributed by atoms with Crippen LogP contribution in [-0.2, 0) is 19.6 Å². The van der Waals surface area contributed by atoms with Gasteiger partial charge in [-0.2, -0.15) is 0 Å². The van der Waals surface area contributed by atoms with Gasteiger partial charge in [-0.25, -0.2) is 13.1 Å². The number of ether oxygens (including phenoxy) is 1. The van der Waals surface area contributed by atoms with Crippen molar-refractivity contribution in [1.82, 2.24) is 15.4 Å². The van der Waals surface area contributed by atoms with Crippen molar-refractivity contribution in [3.63, 3.8) is 0 Å². The molecule has 56 heavy (non-hydrogen) atoms. The van der Waals surface area contributed by atoms with Gasteiger partial charge in [0.25, 0.3) is 5.91 Å². The minimum atomic E-state index is -4.11. The Labute approximate surface area is 332 Å². The van der Waals surface area contributed by atoms with Crippen LogP contribution in [0.5, 0.6) is 11.5 Å². The molecular formula is C39H54N4O11S2. The number of benzene rings is 3. The molecule has 308 valence electrons. The molecule has 3 aromatic rings. The number of nitrogens with one attached hydrogen (secondary N) is 3. The van der Waals surface area contributed by atoms with Crippen molar-refractivity contribution in [2.24, 2.45) is 0 Å². The highest BCUT2D eigenvalue weighted by Gasteiger charge is 2.42. The number of carbonyl (C=O) groups is 2. The van der Waals surface area contributed by atoms with E-state index in [9.17, 15) is 43.5 Å². The Morgan fingerprint density at radius 2 is 1.57 bits per heavy atom. The van der Waals surface area contributed by atoms with Gasteiger partial charge in [0.1, 0.15) is 40.7 Å². The number of phenols is 1. The lowest BCUT2D eigenvalue weighted by atomic mass is 9.87. The normalized spacial score (nSPS) is 17.4. The molecular weight excluding hydrogens is 765 g/mol. The molecule has 0 spiro atoms. The summed E-state index contributed by atoms with van der Waals surface area (Å²) in [6.45, 7) is 2.43. The Bertz CT molecular complexity index is 1840. The first kappa shape index (κ1) is 44.8. The standard InChI is InChI=1S/C39H54N4O11S2/c1-4-6-17-39(18-7-5-2)24-43(26-11-9-8-10-12-26)28-19-32(55-3)31(20-33(28)56(52,53)42-39)54-23-34(48)41-35(25-13-15-27(45)16-14-25)38(51)40-21-29(46)36(49)37(50)30(47)22-44/h8-16,19-20,29-30,35-37,42,44-47,49-50H,4-7,17-18,21-24H2,1-3H3,(H,40,51)(H,41,48)/t29-,30+,35+,36-,37+/m0/s1. The summed E-state index contributed by atoms with van der Waals surface area (Å²) in [6.07, 6.45) is -0.812. The number of amides is 2. The number of unbranched alkanes of at least 4 members (excludes halogenated alkanes) is 2. The van der Waals surface area contributed by atoms with Gasteiger partial charge in [0, 0.05) is 24.8 Å². The molecule has 2 amide bonds.